The molecule has 0 amide bonds. The van der Waals surface area contributed by atoms with Crippen molar-refractivity contribution in [3.63, 3.8) is 0 Å². The van der Waals surface area contributed by atoms with E-state index in [1.165, 1.54) is 16.4 Å². The van der Waals surface area contributed by atoms with E-state index in [0.29, 0.717) is 58.2 Å². The fourth-order valence-electron chi connectivity index (χ4n) is 3.10. The molecule has 1 aromatic carbocycles. The summed E-state index contributed by atoms with van der Waals surface area (Å²) in [5.74, 6) is -1.13. The van der Waals surface area contributed by atoms with Crippen LogP contribution in [0.25, 0.3) is 0 Å². The lowest BCUT2D eigenvalue weighted by atomic mass is 10.1. The maximum atomic E-state index is 12.8. The largest absolute Gasteiger partial charge is 0.478 e. The fraction of sp³-hybridized carbons (Fsp3) is 0.562. The molecule has 2 saturated heterocycles. The number of aromatic carboxylic acids is 1. The van der Waals surface area contributed by atoms with Crippen molar-refractivity contribution in [2.24, 2.45) is 0 Å². The van der Waals surface area contributed by atoms with Gasteiger partial charge in [0.25, 0.3) is 0 Å². The van der Waals surface area contributed by atoms with Crippen LogP contribution in [-0.2, 0) is 14.8 Å². The van der Waals surface area contributed by atoms with Crippen molar-refractivity contribution in [2.75, 3.05) is 64.4 Å². The summed E-state index contributed by atoms with van der Waals surface area (Å²) in [4.78, 5) is 15.7. The molecule has 146 valence electrons. The molecule has 0 radical (unpaired) electrons. The highest BCUT2D eigenvalue weighted by Gasteiger charge is 2.29. The Morgan fingerprint density at radius 2 is 1.69 bits per heavy atom. The van der Waals surface area contributed by atoms with E-state index >= 15 is 0 Å². The molecule has 0 atom stereocenters. The van der Waals surface area contributed by atoms with Gasteiger partial charge in [-0.05, 0) is 25.2 Å². The lowest BCUT2D eigenvalue weighted by molar-refractivity contribution is 0.0696. The summed E-state index contributed by atoms with van der Waals surface area (Å²) in [6, 6.07) is 4.38. The molecular weight excluding hydrogens is 382 g/mol. The van der Waals surface area contributed by atoms with E-state index in [0.717, 1.165) is 0 Å². The van der Waals surface area contributed by atoms with Gasteiger partial charge < -0.3 is 19.6 Å². The minimum absolute atomic E-state index is 0. The number of benzene rings is 1. The van der Waals surface area contributed by atoms with Gasteiger partial charge in [-0.3, -0.25) is 0 Å². The molecular formula is C16H24ClN3O5S. The molecule has 1 aromatic rings. The van der Waals surface area contributed by atoms with Crippen molar-refractivity contribution in [1.82, 2.24) is 9.21 Å². The summed E-state index contributed by atoms with van der Waals surface area (Å²) in [6.45, 7) is 4.38. The lowest BCUT2D eigenvalue weighted by Crippen LogP contribution is -2.47. The number of ether oxygens (including phenoxy) is 1. The smallest absolute Gasteiger partial charge is 0.337 e. The zero-order valence-electron chi connectivity index (χ0n) is 14.6. The van der Waals surface area contributed by atoms with Crippen molar-refractivity contribution in [1.29, 1.82) is 0 Å². The van der Waals surface area contributed by atoms with Gasteiger partial charge in [-0.15, -0.1) is 12.4 Å². The van der Waals surface area contributed by atoms with E-state index in [4.69, 9.17) is 4.74 Å². The predicted molar refractivity (Wildman–Crippen MR) is 99.9 cm³/mol. The Morgan fingerprint density at radius 3 is 2.27 bits per heavy atom. The maximum absolute atomic E-state index is 12.8. The maximum Gasteiger partial charge on any atom is 0.337 e. The van der Waals surface area contributed by atoms with E-state index in [2.05, 4.69) is 4.90 Å². The van der Waals surface area contributed by atoms with E-state index in [9.17, 15) is 18.3 Å². The van der Waals surface area contributed by atoms with Crippen LogP contribution in [0, 0.1) is 0 Å². The van der Waals surface area contributed by atoms with Gasteiger partial charge in [-0.2, -0.15) is 4.31 Å². The first-order valence-electron chi connectivity index (χ1n) is 8.28. The number of halogens is 1. The molecule has 0 unspecified atom stereocenters. The predicted octanol–water partition coefficient (Wildman–Crippen LogP) is 0.579. The van der Waals surface area contributed by atoms with Crippen molar-refractivity contribution in [3.05, 3.63) is 23.8 Å². The van der Waals surface area contributed by atoms with Gasteiger partial charge in [0.15, 0.2) is 0 Å². The Kier molecular flexibility index (Phi) is 6.86. The molecule has 8 nitrogen and oxygen atoms in total. The molecule has 2 fully saturated rings. The Bertz CT molecular complexity index is 744. The quantitative estimate of drug-likeness (QED) is 0.783. The summed E-state index contributed by atoms with van der Waals surface area (Å²) in [6.07, 6.45) is 0. The molecule has 2 aliphatic rings. The Hall–Kier alpha value is -1.39. The number of carboxylic acids is 1. The Labute approximate surface area is 159 Å². The first-order chi connectivity index (χ1) is 11.9. The minimum atomic E-state index is -3.69. The van der Waals surface area contributed by atoms with E-state index in [1.807, 2.05) is 11.9 Å². The van der Waals surface area contributed by atoms with Crippen LogP contribution in [0.1, 0.15) is 10.4 Å². The monoisotopic (exact) mass is 405 g/mol. The summed E-state index contributed by atoms with van der Waals surface area (Å²) in [7, 11) is -1.74. The fourth-order valence-corrected chi connectivity index (χ4v) is 4.55. The number of anilines is 1. The average molecular weight is 406 g/mol. The van der Waals surface area contributed by atoms with Gasteiger partial charge in [0.05, 0.1) is 29.4 Å². The van der Waals surface area contributed by atoms with Crippen molar-refractivity contribution < 1.29 is 23.1 Å². The molecule has 1 N–H and O–H groups in total. The molecule has 0 spiro atoms. The van der Waals surface area contributed by atoms with Crippen LogP contribution in [0.15, 0.2) is 23.1 Å². The second kappa shape index (κ2) is 8.53. The van der Waals surface area contributed by atoms with Crippen LogP contribution < -0.4 is 4.90 Å². The van der Waals surface area contributed by atoms with Crippen LogP contribution in [0.3, 0.4) is 0 Å². The van der Waals surface area contributed by atoms with Crippen molar-refractivity contribution in [3.8, 4) is 0 Å². The van der Waals surface area contributed by atoms with Gasteiger partial charge in [0.2, 0.25) is 10.0 Å². The molecule has 0 bridgehead atoms. The topological polar surface area (TPSA) is 90.4 Å². The summed E-state index contributed by atoms with van der Waals surface area (Å²) >= 11 is 0. The van der Waals surface area contributed by atoms with E-state index < -0.39 is 16.0 Å². The molecule has 2 heterocycles. The number of carboxylic acid groups (broad SMARTS) is 1. The molecule has 0 aliphatic carbocycles. The molecule has 0 saturated carbocycles. The lowest BCUT2D eigenvalue weighted by Gasteiger charge is -2.32. The van der Waals surface area contributed by atoms with Gasteiger partial charge in [0.1, 0.15) is 0 Å². The van der Waals surface area contributed by atoms with E-state index in [1.54, 1.807) is 6.07 Å². The highest BCUT2D eigenvalue weighted by molar-refractivity contribution is 7.89. The Morgan fingerprint density at radius 1 is 1.08 bits per heavy atom. The van der Waals surface area contributed by atoms with Crippen LogP contribution in [0.4, 0.5) is 5.69 Å². The first kappa shape index (κ1) is 20.9. The van der Waals surface area contributed by atoms with Gasteiger partial charge >= 0.3 is 5.97 Å². The average Bonchev–Trinajstić information content (AvgIpc) is 2.62. The van der Waals surface area contributed by atoms with Crippen LogP contribution in [0.5, 0.6) is 0 Å². The van der Waals surface area contributed by atoms with Gasteiger partial charge in [-0.1, -0.05) is 0 Å². The van der Waals surface area contributed by atoms with Crippen molar-refractivity contribution in [2.45, 2.75) is 4.90 Å². The molecule has 10 heteroatoms. The SMILES string of the molecule is CN1CCN(S(=O)(=O)c2ccc(N3CCOCC3)c(C(=O)O)c2)CC1.Cl. The van der Waals surface area contributed by atoms with Crippen LogP contribution >= 0.6 is 12.4 Å². The molecule has 3 rings (SSSR count). The Balaban J connectivity index is 0.00000243. The molecule has 0 aromatic heterocycles. The third-order valence-corrected chi connectivity index (χ3v) is 6.54. The second-order valence-electron chi connectivity index (χ2n) is 6.29. The number of nitrogens with zero attached hydrogens (tertiary/aromatic N) is 3. The highest BCUT2D eigenvalue weighted by atomic mass is 35.5. The zero-order valence-corrected chi connectivity index (χ0v) is 16.3. The minimum Gasteiger partial charge on any atom is -0.478 e. The molecule has 26 heavy (non-hydrogen) atoms. The summed E-state index contributed by atoms with van der Waals surface area (Å²) < 4.78 is 32.4. The first-order valence-corrected chi connectivity index (χ1v) is 9.72. The second-order valence-corrected chi connectivity index (χ2v) is 8.23. The van der Waals surface area contributed by atoms with Crippen molar-refractivity contribution >= 4 is 34.1 Å². The number of hydrogen-bond donors (Lipinski definition) is 1. The van der Waals surface area contributed by atoms with Gasteiger partial charge in [-0.25, -0.2) is 13.2 Å². The number of rotatable bonds is 4. The normalized spacial score (nSPS) is 19.8. The number of piperazine rings is 1. The van der Waals surface area contributed by atoms with Gasteiger partial charge in [0, 0.05) is 39.3 Å². The number of morpholine rings is 1. The summed E-state index contributed by atoms with van der Waals surface area (Å²) in [5, 5.41) is 9.56. The number of sulfonamides is 1. The molecule has 2 aliphatic heterocycles. The van der Waals surface area contributed by atoms with E-state index in [-0.39, 0.29) is 22.9 Å². The number of likely N-dealkylation sites (N-methyl/N-ethyl adjacent to an activating group) is 1. The highest BCUT2D eigenvalue weighted by Crippen LogP contribution is 2.27. The summed E-state index contributed by atoms with van der Waals surface area (Å²) in [5.41, 5.74) is 0.547. The number of hydrogen-bond acceptors (Lipinski definition) is 6. The standard InChI is InChI=1S/C16H23N3O5S.ClH/c1-17-4-6-19(7-5-17)25(22,23)13-2-3-15(14(12-13)16(20)21)18-8-10-24-11-9-18;/h2-3,12H,4-11H2,1H3,(H,20,21);1H. The number of carbonyl (C=O) groups is 1. The third kappa shape index (κ3) is 4.29. The van der Waals surface area contributed by atoms with Crippen LogP contribution in [-0.4, -0.2) is 88.2 Å². The zero-order chi connectivity index (χ0) is 18.0. The third-order valence-electron chi connectivity index (χ3n) is 4.65. The van der Waals surface area contributed by atoms with Crippen LogP contribution in [0.2, 0.25) is 0 Å².